The van der Waals surface area contributed by atoms with Crippen molar-refractivity contribution in [3.8, 4) is 0 Å². The van der Waals surface area contributed by atoms with Gasteiger partial charge in [0.2, 0.25) is 5.91 Å². The van der Waals surface area contributed by atoms with Gasteiger partial charge in [0, 0.05) is 57.8 Å². The van der Waals surface area contributed by atoms with Crippen LogP contribution in [0.15, 0.2) is 18.6 Å². The van der Waals surface area contributed by atoms with E-state index in [2.05, 4.69) is 14.9 Å². The van der Waals surface area contributed by atoms with E-state index in [1.54, 1.807) is 23.5 Å². The highest BCUT2D eigenvalue weighted by atomic mass is 19.3. The van der Waals surface area contributed by atoms with E-state index < -0.39 is 5.92 Å². The van der Waals surface area contributed by atoms with Crippen molar-refractivity contribution in [1.29, 1.82) is 0 Å². The number of hydrogen-bond donors (Lipinski definition) is 0. The van der Waals surface area contributed by atoms with Gasteiger partial charge in [0.15, 0.2) is 0 Å². The van der Waals surface area contributed by atoms with Crippen molar-refractivity contribution in [2.24, 2.45) is 5.92 Å². The molecule has 7 heteroatoms. The van der Waals surface area contributed by atoms with Gasteiger partial charge in [0.1, 0.15) is 5.82 Å². The molecule has 2 saturated heterocycles. The van der Waals surface area contributed by atoms with Crippen molar-refractivity contribution < 1.29 is 13.6 Å². The van der Waals surface area contributed by atoms with E-state index in [-0.39, 0.29) is 31.8 Å². The predicted octanol–water partition coefficient (Wildman–Crippen LogP) is 2.34. The molecule has 1 aromatic heterocycles. The topological polar surface area (TPSA) is 49.3 Å². The van der Waals surface area contributed by atoms with Crippen molar-refractivity contribution in [2.75, 3.05) is 31.1 Å². The van der Waals surface area contributed by atoms with E-state index in [9.17, 15) is 13.6 Å². The number of carbonyl (C=O) groups excluding carboxylic acids is 1. The molecule has 1 aromatic rings. The third-order valence-electron chi connectivity index (χ3n) is 4.80. The van der Waals surface area contributed by atoms with E-state index in [0.717, 1.165) is 31.7 Å². The minimum absolute atomic E-state index is 0.0263. The third-order valence-corrected chi connectivity index (χ3v) is 4.80. The first-order chi connectivity index (χ1) is 11.0. The second kappa shape index (κ2) is 6.76. The second-order valence-electron chi connectivity index (χ2n) is 6.43. The maximum Gasteiger partial charge on any atom is 0.251 e. The number of nitrogens with zero attached hydrogens (tertiary/aromatic N) is 4. The van der Waals surface area contributed by atoms with E-state index in [1.165, 1.54) is 0 Å². The summed E-state index contributed by atoms with van der Waals surface area (Å²) in [5.41, 5.74) is 0. The van der Waals surface area contributed by atoms with Crippen LogP contribution in [0.4, 0.5) is 14.6 Å². The maximum absolute atomic E-state index is 13.1. The molecule has 2 aliphatic heterocycles. The molecular weight excluding hydrogens is 302 g/mol. The molecule has 0 N–H and O–H groups in total. The van der Waals surface area contributed by atoms with Gasteiger partial charge in [-0.15, -0.1) is 0 Å². The Bertz CT molecular complexity index is 522. The highest BCUT2D eigenvalue weighted by molar-refractivity contribution is 5.76. The van der Waals surface area contributed by atoms with E-state index in [1.807, 2.05) is 0 Å². The van der Waals surface area contributed by atoms with Crippen LogP contribution in [0.2, 0.25) is 0 Å². The second-order valence-corrected chi connectivity index (χ2v) is 6.43. The van der Waals surface area contributed by atoms with E-state index in [0.29, 0.717) is 12.3 Å². The number of piperidine rings is 2. The Kier molecular flexibility index (Phi) is 4.73. The normalized spacial score (nSPS) is 22.2. The average Bonchev–Trinajstić information content (AvgIpc) is 2.56. The van der Waals surface area contributed by atoms with Gasteiger partial charge in [0.25, 0.3) is 5.92 Å². The van der Waals surface area contributed by atoms with Gasteiger partial charge < -0.3 is 9.80 Å². The number of halogens is 2. The number of aromatic nitrogens is 2. The van der Waals surface area contributed by atoms with Crippen LogP contribution in [-0.4, -0.2) is 52.9 Å². The zero-order chi connectivity index (χ0) is 16.3. The fourth-order valence-electron chi connectivity index (χ4n) is 3.28. The Morgan fingerprint density at radius 1 is 1.17 bits per heavy atom. The lowest BCUT2D eigenvalue weighted by atomic mass is 9.92. The Morgan fingerprint density at radius 3 is 2.48 bits per heavy atom. The number of amides is 1. The highest BCUT2D eigenvalue weighted by Gasteiger charge is 2.36. The molecule has 23 heavy (non-hydrogen) atoms. The van der Waals surface area contributed by atoms with Gasteiger partial charge in [-0.3, -0.25) is 9.78 Å². The summed E-state index contributed by atoms with van der Waals surface area (Å²) >= 11 is 0. The van der Waals surface area contributed by atoms with Gasteiger partial charge in [0.05, 0.1) is 6.20 Å². The van der Waals surface area contributed by atoms with Gasteiger partial charge >= 0.3 is 0 Å². The van der Waals surface area contributed by atoms with Crippen LogP contribution in [0.1, 0.15) is 32.1 Å². The summed E-state index contributed by atoms with van der Waals surface area (Å²) in [6.45, 7) is 2.08. The number of hydrogen-bond acceptors (Lipinski definition) is 4. The summed E-state index contributed by atoms with van der Waals surface area (Å²) in [5, 5.41) is 0. The SMILES string of the molecule is O=C(CC1CCN(c2cnccn2)CC1)N1CCC(F)(F)CC1. The molecule has 0 atom stereocenters. The number of rotatable bonds is 3. The van der Waals surface area contributed by atoms with Gasteiger partial charge in [-0.05, 0) is 18.8 Å². The molecule has 5 nitrogen and oxygen atoms in total. The van der Waals surface area contributed by atoms with Crippen LogP contribution < -0.4 is 4.90 Å². The van der Waals surface area contributed by atoms with Crippen LogP contribution in [0, 0.1) is 5.92 Å². The summed E-state index contributed by atoms with van der Waals surface area (Å²) in [6, 6.07) is 0. The number of likely N-dealkylation sites (tertiary alicyclic amines) is 1. The number of anilines is 1. The minimum atomic E-state index is -2.60. The third kappa shape index (κ3) is 4.14. The number of alkyl halides is 2. The molecule has 126 valence electrons. The zero-order valence-corrected chi connectivity index (χ0v) is 13.1. The molecule has 0 spiro atoms. The summed E-state index contributed by atoms with van der Waals surface area (Å²) in [5.74, 6) is -1.37. The number of carbonyl (C=O) groups is 1. The zero-order valence-electron chi connectivity index (χ0n) is 13.1. The lowest BCUT2D eigenvalue weighted by Crippen LogP contribution is -2.44. The summed E-state index contributed by atoms with van der Waals surface area (Å²) in [6.07, 6.45) is 6.99. The van der Waals surface area contributed by atoms with Crippen LogP contribution in [0.3, 0.4) is 0 Å². The van der Waals surface area contributed by atoms with Crippen LogP contribution in [0.25, 0.3) is 0 Å². The van der Waals surface area contributed by atoms with E-state index in [4.69, 9.17) is 0 Å². The average molecular weight is 324 g/mol. The first-order valence-electron chi connectivity index (χ1n) is 8.20. The molecule has 2 aliphatic rings. The van der Waals surface area contributed by atoms with E-state index >= 15 is 0 Å². The molecule has 0 unspecified atom stereocenters. The van der Waals surface area contributed by atoms with Crippen molar-refractivity contribution in [1.82, 2.24) is 14.9 Å². The van der Waals surface area contributed by atoms with Gasteiger partial charge in [-0.1, -0.05) is 0 Å². The van der Waals surface area contributed by atoms with Crippen LogP contribution >= 0.6 is 0 Å². The summed E-state index contributed by atoms with van der Waals surface area (Å²) in [4.78, 5) is 24.4. The Labute approximate surface area is 134 Å². The summed E-state index contributed by atoms with van der Waals surface area (Å²) < 4.78 is 26.3. The first kappa shape index (κ1) is 16.1. The monoisotopic (exact) mass is 324 g/mol. The fourth-order valence-corrected chi connectivity index (χ4v) is 3.28. The molecule has 3 rings (SSSR count). The van der Waals surface area contributed by atoms with Gasteiger partial charge in [-0.25, -0.2) is 13.8 Å². The predicted molar refractivity (Wildman–Crippen MR) is 82.3 cm³/mol. The minimum Gasteiger partial charge on any atom is -0.355 e. The Balaban J connectivity index is 1.45. The summed E-state index contributed by atoms with van der Waals surface area (Å²) in [7, 11) is 0. The van der Waals surface area contributed by atoms with Crippen LogP contribution in [0.5, 0.6) is 0 Å². The molecule has 3 heterocycles. The van der Waals surface area contributed by atoms with Crippen molar-refractivity contribution >= 4 is 11.7 Å². The molecule has 2 fully saturated rings. The Hall–Kier alpha value is -1.79. The Morgan fingerprint density at radius 2 is 1.87 bits per heavy atom. The molecular formula is C16H22F2N4O. The molecule has 0 saturated carbocycles. The first-order valence-corrected chi connectivity index (χ1v) is 8.20. The molecule has 0 aromatic carbocycles. The quantitative estimate of drug-likeness (QED) is 0.856. The standard InChI is InChI=1S/C16H22F2N4O/c17-16(18)3-9-22(10-4-16)15(23)11-13-1-7-21(8-2-13)14-12-19-5-6-20-14/h5-6,12-13H,1-4,7-11H2. The van der Waals surface area contributed by atoms with Crippen molar-refractivity contribution in [2.45, 2.75) is 38.0 Å². The fraction of sp³-hybridized carbons (Fsp3) is 0.688. The van der Waals surface area contributed by atoms with Crippen molar-refractivity contribution in [3.63, 3.8) is 0 Å². The van der Waals surface area contributed by atoms with Crippen LogP contribution in [-0.2, 0) is 4.79 Å². The molecule has 0 radical (unpaired) electrons. The van der Waals surface area contributed by atoms with Crippen molar-refractivity contribution in [3.05, 3.63) is 18.6 Å². The highest BCUT2D eigenvalue weighted by Crippen LogP contribution is 2.29. The molecule has 0 bridgehead atoms. The van der Waals surface area contributed by atoms with Gasteiger partial charge in [-0.2, -0.15) is 0 Å². The smallest absolute Gasteiger partial charge is 0.251 e. The lowest BCUT2D eigenvalue weighted by molar-refractivity contribution is -0.138. The molecule has 0 aliphatic carbocycles. The molecule has 1 amide bonds. The largest absolute Gasteiger partial charge is 0.355 e. The maximum atomic E-state index is 13.1. The lowest BCUT2D eigenvalue weighted by Gasteiger charge is -2.35.